The van der Waals surface area contributed by atoms with Gasteiger partial charge < -0.3 is 14.3 Å². The van der Waals surface area contributed by atoms with Gasteiger partial charge in [-0.3, -0.25) is 5.32 Å². The molecule has 0 saturated carbocycles. The molecular weight excluding hydrogens is 413 g/mol. The van der Waals surface area contributed by atoms with Crippen molar-refractivity contribution >= 4 is 44.6 Å². The molecule has 1 aliphatic rings. The Morgan fingerprint density at radius 3 is 3.04 bits per heavy atom. The number of carbonyl (C=O) groups is 1. The molecule has 1 heterocycles. The van der Waals surface area contributed by atoms with Gasteiger partial charge in [-0.25, -0.2) is 20.7 Å². The number of nitrogens with one attached hydrogen (secondary N) is 1. The molecule has 0 saturated heterocycles. The summed E-state index contributed by atoms with van der Waals surface area (Å²) in [6.45, 7) is 11.2. The minimum Gasteiger partial charge on any atom is -0.450 e. The minimum absolute atomic E-state index is 0.0684. The number of alkyl carbamates (subject to hydrolysis) is 1. The van der Waals surface area contributed by atoms with E-state index in [0.29, 0.717) is 11.3 Å². The predicted octanol–water partition coefficient (Wildman–Crippen LogP) is 4.57. The molecule has 0 aliphatic carbocycles. The van der Waals surface area contributed by atoms with Gasteiger partial charge in [0.15, 0.2) is 17.1 Å². The van der Waals surface area contributed by atoms with Crippen molar-refractivity contribution in [3.05, 3.63) is 38.9 Å². The van der Waals surface area contributed by atoms with Crippen LogP contribution in [0, 0.1) is 12.4 Å². The molecule has 9 heteroatoms. The van der Waals surface area contributed by atoms with E-state index in [1.54, 1.807) is 13.0 Å². The van der Waals surface area contributed by atoms with E-state index in [9.17, 15) is 9.18 Å². The number of amidine groups is 1. The number of benzene rings is 1. The molecular formula is C16H17BrFN3O3S. The number of ether oxygens (including phenoxy) is 2. The molecule has 6 nitrogen and oxygen atoms in total. The summed E-state index contributed by atoms with van der Waals surface area (Å²) in [4.78, 5) is 19.2. The third-order valence-corrected chi connectivity index (χ3v) is 4.93. The highest BCUT2D eigenvalue weighted by molar-refractivity contribution is 9.10. The first-order chi connectivity index (χ1) is 12.0. The summed E-state index contributed by atoms with van der Waals surface area (Å²) in [6.07, 6.45) is -1.05. The highest BCUT2D eigenvalue weighted by Crippen LogP contribution is 2.41. The summed E-state index contributed by atoms with van der Waals surface area (Å²) in [6, 6.07) is 1.57. The Kier molecular flexibility index (Phi) is 7.23. The van der Waals surface area contributed by atoms with Gasteiger partial charge in [-0.15, -0.1) is 0 Å². The maximum Gasteiger partial charge on any atom is 0.413 e. The monoisotopic (exact) mass is 429 g/mol. The fourth-order valence-electron chi connectivity index (χ4n) is 2.29. The molecule has 0 aromatic heterocycles. The van der Waals surface area contributed by atoms with Crippen molar-refractivity contribution in [2.24, 2.45) is 4.99 Å². The second-order valence-corrected chi connectivity index (χ2v) is 6.97. The summed E-state index contributed by atoms with van der Waals surface area (Å²) in [5, 5.41) is 2.75. The highest BCUT2D eigenvalue weighted by atomic mass is 79.9. The average molecular weight is 430 g/mol. The van der Waals surface area contributed by atoms with Gasteiger partial charge in [-0.1, -0.05) is 18.7 Å². The Hall–Kier alpha value is -1.63. The van der Waals surface area contributed by atoms with Gasteiger partial charge in [0, 0.05) is 5.56 Å². The lowest BCUT2D eigenvalue weighted by Crippen LogP contribution is -2.29. The van der Waals surface area contributed by atoms with Crippen LogP contribution < -0.4 is 5.32 Å². The maximum atomic E-state index is 14.6. The van der Waals surface area contributed by atoms with E-state index in [1.807, 2.05) is 6.92 Å². The lowest BCUT2D eigenvalue weighted by Gasteiger charge is -2.11. The van der Waals surface area contributed by atoms with Gasteiger partial charge in [0.25, 0.3) is 0 Å². The standard InChI is InChI=1S/C16H17BrFN3O3S/c1-4-23-16(22)21-15(25-5-2)20-11-6-9-10(13(17)14(11)18)8-24-12(9)7-19-3/h6,12H,4-5,7-8H2,1-2H3,(H,20,21,22). The van der Waals surface area contributed by atoms with Gasteiger partial charge in [0.1, 0.15) is 5.69 Å². The van der Waals surface area contributed by atoms with Crippen LogP contribution in [0.25, 0.3) is 4.85 Å². The summed E-state index contributed by atoms with van der Waals surface area (Å²) in [5.74, 6) is 0.105. The molecule has 1 amide bonds. The molecule has 2 rings (SSSR count). The van der Waals surface area contributed by atoms with E-state index < -0.39 is 18.0 Å². The zero-order valence-corrected chi connectivity index (χ0v) is 16.2. The van der Waals surface area contributed by atoms with Crippen molar-refractivity contribution in [1.82, 2.24) is 5.32 Å². The number of halogens is 2. The fourth-order valence-corrected chi connectivity index (χ4v) is 3.43. The summed E-state index contributed by atoms with van der Waals surface area (Å²) in [7, 11) is 0. The highest BCUT2D eigenvalue weighted by Gasteiger charge is 2.30. The molecule has 1 aromatic rings. The summed E-state index contributed by atoms with van der Waals surface area (Å²) < 4.78 is 25.3. The first-order valence-corrected chi connectivity index (χ1v) is 9.40. The molecule has 1 aromatic carbocycles. The average Bonchev–Trinajstić information content (AvgIpc) is 2.96. The molecule has 0 radical (unpaired) electrons. The van der Waals surface area contributed by atoms with Crippen LogP contribution in [0.2, 0.25) is 0 Å². The Labute approximate surface area is 158 Å². The minimum atomic E-state index is -0.642. The molecule has 134 valence electrons. The molecule has 0 spiro atoms. The first-order valence-electron chi connectivity index (χ1n) is 7.62. The number of fused-ring (bicyclic) bond motifs is 1. The number of carbonyl (C=O) groups excluding carboxylic acids is 1. The lowest BCUT2D eigenvalue weighted by molar-refractivity contribution is 0.0773. The number of hydrogen-bond acceptors (Lipinski definition) is 5. The quantitative estimate of drug-likeness (QED) is 0.432. The molecule has 25 heavy (non-hydrogen) atoms. The van der Waals surface area contributed by atoms with Crippen LogP contribution in [0.3, 0.4) is 0 Å². The Morgan fingerprint density at radius 1 is 1.64 bits per heavy atom. The number of amides is 1. The number of nitrogens with zero attached hydrogens (tertiary/aromatic N) is 2. The molecule has 1 unspecified atom stereocenters. The van der Waals surface area contributed by atoms with Crippen LogP contribution in [0.1, 0.15) is 31.1 Å². The molecule has 1 N–H and O–H groups in total. The molecule has 1 aliphatic heterocycles. The van der Waals surface area contributed by atoms with E-state index in [2.05, 4.69) is 31.1 Å². The van der Waals surface area contributed by atoms with Gasteiger partial charge in [0.05, 0.1) is 17.7 Å². The van der Waals surface area contributed by atoms with Crippen LogP contribution >= 0.6 is 27.7 Å². The van der Waals surface area contributed by atoms with Crippen molar-refractivity contribution < 1.29 is 18.7 Å². The van der Waals surface area contributed by atoms with Crippen molar-refractivity contribution in [2.45, 2.75) is 26.6 Å². The molecule has 1 atom stereocenters. The molecule has 0 bridgehead atoms. The zero-order valence-electron chi connectivity index (χ0n) is 13.8. The van der Waals surface area contributed by atoms with Crippen molar-refractivity contribution in [3.63, 3.8) is 0 Å². The lowest BCUT2D eigenvalue weighted by atomic mass is 10.0. The molecule has 0 fully saturated rings. The van der Waals surface area contributed by atoms with Crippen molar-refractivity contribution in [1.29, 1.82) is 0 Å². The first kappa shape index (κ1) is 19.7. The Morgan fingerprint density at radius 2 is 2.40 bits per heavy atom. The van der Waals surface area contributed by atoms with Crippen LogP contribution in [0.5, 0.6) is 0 Å². The van der Waals surface area contributed by atoms with Crippen LogP contribution in [0.15, 0.2) is 15.5 Å². The van der Waals surface area contributed by atoms with Crippen molar-refractivity contribution in [3.8, 4) is 0 Å². The van der Waals surface area contributed by atoms with Gasteiger partial charge >= 0.3 is 6.09 Å². The summed E-state index contributed by atoms with van der Waals surface area (Å²) in [5.41, 5.74) is 1.49. The Bertz CT molecular complexity index is 736. The second kappa shape index (κ2) is 9.17. The number of hydrogen-bond donors (Lipinski definition) is 1. The van der Waals surface area contributed by atoms with Crippen LogP contribution in [-0.2, 0) is 16.1 Å². The van der Waals surface area contributed by atoms with E-state index in [0.717, 1.165) is 5.56 Å². The second-order valence-electron chi connectivity index (χ2n) is 4.93. The van der Waals surface area contributed by atoms with Gasteiger partial charge in [0.2, 0.25) is 6.54 Å². The van der Waals surface area contributed by atoms with Crippen molar-refractivity contribution in [2.75, 3.05) is 18.9 Å². The number of aliphatic imine (C=N–C) groups is 1. The maximum absolute atomic E-state index is 14.6. The van der Waals surface area contributed by atoms with E-state index in [4.69, 9.17) is 16.0 Å². The third-order valence-electron chi connectivity index (χ3n) is 3.34. The van der Waals surface area contributed by atoms with Gasteiger partial charge in [-0.2, -0.15) is 0 Å². The smallest absolute Gasteiger partial charge is 0.413 e. The SMILES string of the molecule is [C-]#[N+]CC1OCc2c1cc(N=C(NC(=O)OCC)SCC)c(F)c2Br. The number of rotatable bonds is 4. The van der Waals surface area contributed by atoms with E-state index in [1.165, 1.54) is 11.8 Å². The predicted molar refractivity (Wildman–Crippen MR) is 98.5 cm³/mol. The normalized spacial score (nSPS) is 16.3. The largest absolute Gasteiger partial charge is 0.450 e. The van der Waals surface area contributed by atoms with E-state index in [-0.39, 0.29) is 35.1 Å². The van der Waals surface area contributed by atoms with Crippen LogP contribution in [0.4, 0.5) is 14.9 Å². The topological polar surface area (TPSA) is 64.3 Å². The zero-order chi connectivity index (χ0) is 18.4. The Balaban J connectivity index is 2.39. The summed E-state index contributed by atoms with van der Waals surface area (Å²) >= 11 is 4.51. The van der Waals surface area contributed by atoms with Crippen LogP contribution in [-0.4, -0.2) is 30.2 Å². The number of thioether (sulfide) groups is 1. The fraction of sp³-hybridized carbons (Fsp3) is 0.438. The van der Waals surface area contributed by atoms with Gasteiger partial charge in [-0.05, 0) is 40.2 Å². The van der Waals surface area contributed by atoms with E-state index >= 15 is 0 Å². The third kappa shape index (κ3) is 4.71.